The van der Waals surface area contributed by atoms with Crippen LogP contribution >= 0.6 is 0 Å². The van der Waals surface area contributed by atoms with Crippen LogP contribution in [-0.4, -0.2) is 51.4 Å². The monoisotopic (exact) mass is 434 g/mol. The number of carbonyl (C=O) groups excluding carboxylic acids is 3. The number of sulfone groups is 1. The van der Waals surface area contributed by atoms with Gasteiger partial charge in [0.25, 0.3) is 0 Å². The maximum absolute atomic E-state index is 12.2. The second-order valence-corrected chi connectivity index (χ2v) is 8.22. The number of esters is 1. The van der Waals surface area contributed by atoms with Crippen LogP contribution in [0.5, 0.6) is 5.75 Å². The molecule has 160 valence electrons. The Morgan fingerprint density at radius 1 is 0.900 bits per heavy atom. The number of ether oxygens (including phenoxy) is 2. The van der Waals surface area contributed by atoms with Crippen LogP contribution in [0.2, 0.25) is 0 Å². The molecule has 9 nitrogen and oxygen atoms in total. The third kappa shape index (κ3) is 7.21. The number of carbonyl (C=O) groups is 3. The van der Waals surface area contributed by atoms with Gasteiger partial charge in [0.15, 0.2) is 9.84 Å². The maximum atomic E-state index is 12.2. The number of benzene rings is 2. The highest BCUT2D eigenvalue weighted by molar-refractivity contribution is 7.92. The summed E-state index contributed by atoms with van der Waals surface area (Å²) >= 11 is 0. The van der Waals surface area contributed by atoms with E-state index in [0.29, 0.717) is 11.4 Å². The van der Waals surface area contributed by atoms with Gasteiger partial charge >= 0.3 is 5.97 Å². The molecule has 0 saturated heterocycles. The molecule has 2 amide bonds. The van der Waals surface area contributed by atoms with Crippen molar-refractivity contribution in [1.29, 1.82) is 0 Å². The fourth-order valence-corrected chi connectivity index (χ4v) is 3.50. The predicted octanol–water partition coefficient (Wildman–Crippen LogP) is 1.86. The van der Waals surface area contributed by atoms with Crippen LogP contribution < -0.4 is 15.4 Å². The average Bonchev–Trinajstić information content (AvgIpc) is 2.67. The lowest BCUT2D eigenvalue weighted by Gasteiger charge is -2.09. The Morgan fingerprint density at radius 2 is 1.50 bits per heavy atom. The molecule has 2 N–H and O–H groups in total. The van der Waals surface area contributed by atoms with Crippen LogP contribution in [0.15, 0.2) is 48.5 Å². The summed E-state index contributed by atoms with van der Waals surface area (Å²) < 4.78 is 34.2. The first-order chi connectivity index (χ1) is 14.2. The van der Waals surface area contributed by atoms with Gasteiger partial charge in [-0.1, -0.05) is 6.07 Å². The van der Waals surface area contributed by atoms with E-state index in [-0.39, 0.29) is 17.9 Å². The van der Waals surface area contributed by atoms with Gasteiger partial charge in [-0.25, -0.2) is 13.2 Å². The van der Waals surface area contributed by atoms with Gasteiger partial charge in [0.2, 0.25) is 11.8 Å². The molecule has 0 aromatic heterocycles. The van der Waals surface area contributed by atoms with Crippen LogP contribution in [0.4, 0.5) is 11.4 Å². The number of rotatable bonds is 9. The summed E-state index contributed by atoms with van der Waals surface area (Å²) in [5.74, 6) is -3.30. The van der Waals surface area contributed by atoms with Crippen LogP contribution in [0, 0.1) is 0 Å². The Balaban J connectivity index is 1.92. The minimum absolute atomic E-state index is 0.201. The van der Waals surface area contributed by atoms with E-state index in [1.54, 1.807) is 31.2 Å². The topological polar surface area (TPSA) is 128 Å². The molecule has 0 atom stereocenters. The zero-order valence-electron chi connectivity index (χ0n) is 16.5. The van der Waals surface area contributed by atoms with Gasteiger partial charge in [-0.2, -0.15) is 0 Å². The highest BCUT2D eigenvalue weighted by atomic mass is 32.2. The first kappa shape index (κ1) is 22.9. The number of anilines is 2. The quantitative estimate of drug-likeness (QED) is 0.577. The van der Waals surface area contributed by atoms with E-state index in [1.165, 1.54) is 31.4 Å². The number of hydrogen-bond donors (Lipinski definition) is 2. The third-order valence-electron chi connectivity index (χ3n) is 3.73. The van der Waals surface area contributed by atoms with Crippen LogP contribution in [0.3, 0.4) is 0 Å². The van der Waals surface area contributed by atoms with Gasteiger partial charge in [-0.3, -0.25) is 9.59 Å². The molecule has 30 heavy (non-hydrogen) atoms. The fraction of sp³-hybridized carbons (Fsp3) is 0.250. The lowest BCUT2D eigenvalue weighted by Crippen LogP contribution is -2.30. The van der Waals surface area contributed by atoms with Gasteiger partial charge in [-0.15, -0.1) is 0 Å². The Kier molecular flexibility index (Phi) is 7.93. The van der Waals surface area contributed by atoms with Crippen molar-refractivity contribution in [3.8, 4) is 5.75 Å². The van der Waals surface area contributed by atoms with Crippen molar-refractivity contribution in [2.24, 2.45) is 0 Å². The molecule has 2 aromatic rings. The Morgan fingerprint density at radius 3 is 2.07 bits per heavy atom. The lowest BCUT2D eigenvalue weighted by molar-refractivity contribution is -0.114. The summed E-state index contributed by atoms with van der Waals surface area (Å²) in [5, 5.41) is 4.85. The van der Waals surface area contributed by atoms with Crippen molar-refractivity contribution in [2.45, 2.75) is 6.92 Å². The van der Waals surface area contributed by atoms with E-state index >= 15 is 0 Å². The average molecular weight is 434 g/mol. The van der Waals surface area contributed by atoms with Crippen molar-refractivity contribution in [2.75, 3.05) is 35.9 Å². The van der Waals surface area contributed by atoms with Gasteiger partial charge in [0, 0.05) is 11.4 Å². The molecule has 0 aliphatic heterocycles. The van der Waals surface area contributed by atoms with E-state index < -0.39 is 39.1 Å². The maximum Gasteiger partial charge on any atom is 0.338 e. The first-order valence-electron chi connectivity index (χ1n) is 8.94. The summed E-state index contributed by atoms with van der Waals surface area (Å²) in [7, 11) is -2.51. The summed E-state index contributed by atoms with van der Waals surface area (Å²) in [6, 6.07) is 12.3. The van der Waals surface area contributed by atoms with Crippen molar-refractivity contribution >= 4 is 39.0 Å². The summed E-state index contributed by atoms with van der Waals surface area (Å²) in [6.45, 7) is 1.87. The Bertz CT molecular complexity index is 1020. The van der Waals surface area contributed by atoms with E-state index in [9.17, 15) is 22.8 Å². The zero-order valence-corrected chi connectivity index (χ0v) is 17.3. The van der Waals surface area contributed by atoms with Gasteiger partial charge in [0.05, 0.1) is 19.3 Å². The second-order valence-electron chi connectivity index (χ2n) is 6.16. The van der Waals surface area contributed by atoms with E-state index in [1.807, 2.05) is 0 Å². The third-order valence-corrected chi connectivity index (χ3v) is 5.14. The predicted molar refractivity (Wildman–Crippen MR) is 111 cm³/mol. The minimum Gasteiger partial charge on any atom is -0.497 e. The van der Waals surface area contributed by atoms with Crippen LogP contribution in [0.25, 0.3) is 0 Å². The normalized spacial score (nSPS) is 10.7. The molecular formula is C20H22N2O7S. The van der Waals surface area contributed by atoms with Gasteiger partial charge in [-0.05, 0) is 49.4 Å². The molecule has 0 spiro atoms. The number of nitrogens with one attached hydrogen (secondary N) is 2. The summed E-state index contributed by atoms with van der Waals surface area (Å²) in [5.41, 5.74) is 0.857. The highest BCUT2D eigenvalue weighted by Gasteiger charge is 2.21. The van der Waals surface area contributed by atoms with Crippen LogP contribution in [-0.2, 0) is 24.2 Å². The van der Waals surface area contributed by atoms with Crippen molar-refractivity contribution in [1.82, 2.24) is 0 Å². The second kappa shape index (κ2) is 10.4. The number of methoxy groups -OCH3 is 1. The molecule has 2 rings (SSSR count). The van der Waals surface area contributed by atoms with Crippen molar-refractivity contribution in [3.63, 3.8) is 0 Å². The largest absolute Gasteiger partial charge is 0.497 e. The SMILES string of the molecule is CCOC(=O)c1cccc(NC(=O)CS(=O)(=O)CC(=O)Nc2ccc(OC)cc2)c1. The molecule has 0 aliphatic rings. The molecule has 0 radical (unpaired) electrons. The van der Waals surface area contributed by atoms with Crippen molar-refractivity contribution < 1.29 is 32.3 Å². The molecule has 0 bridgehead atoms. The van der Waals surface area contributed by atoms with E-state index in [0.717, 1.165) is 0 Å². The minimum atomic E-state index is -4.01. The lowest BCUT2D eigenvalue weighted by atomic mass is 10.2. The van der Waals surface area contributed by atoms with Crippen molar-refractivity contribution in [3.05, 3.63) is 54.1 Å². The summed E-state index contributed by atoms with van der Waals surface area (Å²) in [6.07, 6.45) is 0. The van der Waals surface area contributed by atoms with E-state index in [2.05, 4.69) is 10.6 Å². The first-order valence-corrected chi connectivity index (χ1v) is 10.8. The number of amides is 2. The highest BCUT2D eigenvalue weighted by Crippen LogP contribution is 2.15. The molecule has 0 saturated carbocycles. The smallest absolute Gasteiger partial charge is 0.338 e. The van der Waals surface area contributed by atoms with Crippen LogP contribution in [0.1, 0.15) is 17.3 Å². The summed E-state index contributed by atoms with van der Waals surface area (Å²) in [4.78, 5) is 35.8. The molecule has 0 heterocycles. The Labute approximate surface area is 174 Å². The standard InChI is InChI=1S/C20H22N2O7S/c1-3-29-20(25)14-5-4-6-16(11-14)22-19(24)13-30(26,27)12-18(23)21-15-7-9-17(28-2)10-8-15/h4-11H,3,12-13H2,1-2H3,(H,21,23)(H,22,24). The molecular weight excluding hydrogens is 412 g/mol. The van der Waals surface area contributed by atoms with Gasteiger partial charge < -0.3 is 20.1 Å². The number of hydrogen-bond acceptors (Lipinski definition) is 7. The molecule has 0 aliphatic carbocycles. The van der Waals surface area contributed by atoms with E-state index in [4.69, 9.17) is 9.47 Å². The molecule has 0 unspecified atom stereocenters. The molecule has 0 fully saturated rings. The fourth-order valence-electron chi connectivity index (χ4n) is 2.46. The Hall–Kier alpha value is -3.40. The van der Waals surface area contributed by atoms with Gasteiger partial charge in [0.1, 0.15) is 17.3 Å². The zero-order chi connectivity index (χ0) is 22.1. The molecule has 2 aromatic carbocycles. The molecule has 10 heteroatoms.